The number of nitrogens with one attached hydrogen (secondary N) is 1. The molecule has 31 heavy (non-hydrogen) atoms. The molecule has 158 valence electrons. The quantitative estimate of drug-likeness (QED) is 0.409. The molecule has 1 amide bonds. The highest BCUT2D eigenvalue weighted by Gasteiger charge is 2.31. The Bertz CT molecular complexity index is 1290. The summed E-state index contributed by atoms with van der Waals surface area (Å²) in [6, 6.07) is 11.1. The van der Waals surface area contributed by atoms with Gasteiger partial charge in [-0.15, -0.1) is 0 Å². The molecule has 0 bridgehead atoms. The Morgan fingerprint density at radius 3 is 2.32 bits per heavy atom. The van der Waals surface area contributed by atoms with Gasteiger partial charge in [-0.25, -0.2) is 13.8 Å². The fourth-order valence-electron chi connectivity index (χ4n) is 3.28. The van der Waals surface area contributed by atoms with Gasteiger partial charge in [-0.1, -0.05) is 12.1 Å². The minimum atomic E-state index is -4.57. The molecule has 0 aliphatic carbocycles. The average Bonchev–Trinajstić information content (AvgIpc) is 3.06. The molecule has 0 unspecified atom stereocenters. The zero-order valence-electron chi connectivity index (χ0n) is 16.0. The molecular weight excluding hydrogens is 417 g/mol. The summed E-state index contributed by atoms with van der Waals surface area (Å²) in [5.74, 6) is -1.93. The summed E-state index contributed by atoms with van der Waals surface area (Å²) in [6.45, 7) is 1.35. The van der Waals surface area contributed by atoms with Gasteiger partial charge in [0.05, 0.1) is 17.0 Å². The van der Waals surface area contributed by atoms with Crippen molar-refractivity contribution < 1.29 is 26.7 Å². The van der Waals surface area contributed by atoms with E-state index in [4.69, 9.17) is 0 Å². The summed E-state index contributed by atoms with van der Waals surface area (Å²) >= 11 is 0. The maximum absolute atomic E-state index is 14.6. The molecule has 2 heterocycles. The summed E-state index contributed by atoms with van der Waals surface area (Å²) < 4.78 is 68.8. The zero-order valence-corrected chi connectivity index (χ0v) is 16.0. The van der Waals surface area contributed by atoms with E-state index in [1.54, 1.807) is 24.3 Å². The van der Waals surface area contributed by atoms with Crippen LogP contribution >= 0.6 is 0 Å². The van der Waals surface area contributed by atoms with Crippen molar-refractivity contribution in [2.45, 2.75) is 13.1 Å². The molecule has 0 fully saturated rings. The van der Waals surface area contributed by atoms with Crippen LogP contribution in [-0.2, 0) is 11.0 Å². The van der Waals surface area contributed by atoms with Crippen LogP contribution in [0.1, 0.15) is 12.5 Å². The van der Waals surface area contributed by atoms with E-state index < -0.39 is 23.4 Å². The summed E-state index contributed by atoms with van der Waals surface area (Å²) in [6.07, 6.45) is -3.42. The number of anilines is 1. The first-order chi connectivity index (χ1) is 14.6. The van der Waals surface area contributed by atoms with E-state index in [1.165, 1.54) is 17.4 Å². The lowest BCUT2D eigenvalue weighted by atomic mass is 10.0. The highest BCUT2D eigenvalue weighted by molar-refractivity contribution is 5.89. The largest absolute Gasteiger partial charge is 0.416 e. The lowest BCUT2D eigenvalue weighted by Crippen LogP contribution is -2.05. The number of rotatable bonds is 3. The monoisotopic (exact) mass is 431 g/mol. The Hall–Kier alpha value is -3.75. The van der Waals surface area contributed by atoms with Crippen molar-refractivity contribution in [1.82, 2.24) is 9.38 Å². The number of carbonyl (C=O) groups is 1. The normalized spacial score (nSPS) is 11.7. The van der Waals surface area contributed by atoms with Gasteiger partial charge in [-0.3, -0.25) is 9.20 Å². The van der Waals surface area contributed by atoms with E-state index in [-0.39, 0.29) is 28.5 Å². The molecule has 9 heteroatoms. The number of hydrogen-bond acceptors (Lipinski definition) is 2. The Labute approximate surface area is 173 Å². The maximum atomic E-state index is 14.6. The van der Waals surface area contributed by atoms with E-state index in [1.807, 2.05) is 0 Å². The Kier molecular flexibility index (Phi) is 4.96. The molecule has 0 spiro atoms. The molecule has 4 nitrogen and oxygen atoms in total. The Morgan fingerprint density at radius 1 is 1.00 bits per heavy atom. The predicted octanol–water partition coefficient (Wildman–Crippen LogP) is 5.92. The third-order valence-corrected chi connectivity index (χ3v) is 4.62. The Morgan fingerprint density at radius 2 is 1.71 bits per heavy atom. The summed E-state index contributed by atoms with van der Waals surface area (Å²) in [5, 5.41) is 2.60. The van der Waals surface area contributed by atoms with Gasteiger partial charge in [-0.05, 0) is 36.4 Å². The number of benzene rings is 2. The van der Waals surface area contributed by atoms with Crippen molar-refractivity contribution in [3.8, 4) is 22.5 Å². The molecule has 2 aromatic carbocycles. The van der Waals surface area contributed by atoms with Crippen LogP contribution in [0.15, 0.2) is 60.8 Å². The van der Waals surface area contributed by atoms with E-state index >= 15 is 0 Å². The highest BCUT2D eigenvalue weighted by Crippen LogP contribution is 2.37. The van der Waals surface area contributed by atoms with E-state index in [0.29, 0.717) is 17.3 Å². The van der Waals surface area contributed by atoms with Crippen LogP contribution in [0, 0.1) is 11.6 Å². The van der Waals surface area contributed by atoms with Crippen molar-refractivity contribution in [2.75, 3.05) is 5.32 Å². The first kappa shape index (κ1) is 20.5. The van der Waals surface area contributed by atoms with Crippen LogP contribution in [-0.4, -0.2) is 15.3 Å². The second kappa shape index (κ2) is 7.50. The number of carbonyl (C=O) groups excluding carboxylic acids is 1. The standard InChI is InChI=1S/C22H14F5N3O/c1-12(31)28-16-5-2-13(3-6-16)20-21(17-7-4-15(23)11-18(17)24)30-9-8-14(22(25,26)27)10-19(30)29-20/h2-11H,1H3,(H,28,31). The predicted molar refractivity (Wildman–Crippen MR) is 105 cm³/mol. The van der Waals surface area contributed by atoms with Crippen LogP contribution in [0.5, 0.6) is 0 Å². The van der Waals surface area contributed by atoms with Crippen LogP contribution in [0.2, 0.25) is 0 Å². The molecule has 4 aromatic rings. The third-order valence-electron chi connectivity index (χ3n) is 4.62. The maximum Gasteiger partial charge on any atom is 0.416 e. The summed E-state index contributed by atoms with van der Waals surface area (Å²) in [4.78, 5) is 15.5. The highest BCUT2D eigenvalue weighted by atomic mass is 19.4. The average molecular weight is 431 g/mol. The van der Waals surface area contributed by atoms with Crippen LogP contribution < -0.4 is 5.32 Å². The molecule has 0 saturated carbocycles. The number of aromatic nitrogens is 2. The molecule has 0 atom stereocenters. The molecule has 0 radical (unpaired) electrons. The van der Waals surface area contributed by atoms with E-state index in [2.05, 4.69) is 10.3 Å². The van der Waals surface area contributed by atoms with Gasteiger partial charge in [-0.2, -0.15) is 13.2 Å². The first-order valence-electron chi connectivity index (χ1n) is 9.06. The first-order valence-corrected chi connectivity index (χ1v) is 9.06. The molecular formula is C22H14F5N3O. The number of alkyl halides is 3. The SMILES string of the molecule is CC(=O)Nc1ccc(-c2nc3cc(C(F)(F)F)ccn3c2-c2ccc(F)cc2F)cc1. The van der Waals surface area contributed by atoms with Gasteiger partial charge in [0, 0.05) is 36.0 Å². The van der Waals surface area contributed by atoms with E-state index in [0.717, 1.165) is 24.4 Å². The summed E-state index contributed by atoms with van der Waals surface area (Å²) in [5.41, 5.74) is 0.402. The van der Waals surface area contributed by atoms with Crippen molar-refractivity contribution in [2.24, 2.45) is 0 Å². The number of pyridine rings is 1. The van der Waals surface area contributed by atoms with Gasteiger partial charge in [0.2, 0.25) is 5.91 Å². The number of nitrogens with zero attached hydrogens (tertiary/aromatic N) is 2. The minimum Gasteiger partial charge on any atom is -0.326 e. The second-order valence-electron chi connectivity index (χ2n) is 6.83. The fourth-order valence-corrected chi connectivity index (χ4v) is 3.28. The van der Waals surface area contributed by atoms with Gasteiger partial charge in [0.25, 0.3) is 0 Å². The molecule has 1 N–H and O–H groups in total. The van der Waals surface area contributed by atoms with Crippen molar-refractivity contribution in [1.29, 1.82) is 0 Å². The topological polar surface area (TPSA) is 46.4 Å². The lowest BCUT2D eigenvalue weighted by molar-refractivity contribution is -0.137. The third kappa shape index (κ3) is 3.98. The number of hydrogen-bond donors (Lipinski definition) is 1. The van der Waals surface area contributed by atoms with Gasteiger partial charge < -0.3 is 5.32 Å². The molecule has 2 aromatic heterocycles. The van der Waals surface area contributed by atoms with Crippen molar-refractivity contribution in [3.63, 3.8) is 0 Å². The molecule has 0 aliphatic rings. The number of amides is 1. The van der Waals surface area contributed by atoms with Crippen LogP contribution in [0.25, 0.3) is 28.2 Å². The lowest BCUT2D eigenvalue weighted by Gasteiger charge is -2.09. The van der Waals surface area contributed by atoms with E-state index in [9.17, 15) is 26.7 Å². The molecule has 0 saturated heterocycles. The van der Waals surface area contributed by atoms with Gasteiger partial charge in [0.15, 0.2) is 0 Å². The van der Waals surface area contributed by atoms with Gasteiger partial charge in [0.1, 0.15) is 17.3 Å². The van der Waals surface area contributed by atoms with Crippen molar-refractivity contribution in [3.05, 3.63) is 78.0 Å². The molecule has 4 rings (SSSR count). The number of halogens is 5. The molecule has 0 aliphatic heterocycles. The second-order valence-corrected chi connectivity index (χ2v) is 6.83. The Balaban J connectivity index is 1.95. The number of imidazole rings is 1. The van der Waals surface area contributed by atoms with Crippen LogP contribution in [0.4, 0.5) is 27.6 Å². The summed E-state index contributed by atoms with van der Waals surface area (Å²) in [7, 11) is 0. The smallest absolute Gasteiger partial charge is 0.326 e. The minimum absolute atomic E-state index is 0.0189. The van der Waals surface area contributed by atoms with Crippen molar-refractivity contribution >= 4 is 17.2 Å². The van der Waals surface area contributed by atoms with Gasteiger partial charge >= 0.3 is 6.18 Å². The fraction of sp³-hybridized carbons (Fsp3) is 0.0909. The number of fused-ring (bicyclic) bond motifs is 1. The zero-order chi connectivity index (χ0) is 22.3. The van der Waals surface area contributed by atoms with Crippen LogP contribution in [0.3, 0.4) is 0 Å².